The Bertz CT molecular complexity index is 650. The van der Waals surface area contributed by atoms with Crippen LogP contribution in [0.2, 0.25) is 0 Å². The summed E-state index contributed by atoms with van der Waals surface area (Å²) in [6.45, 7) is 5.96. The number of hydrogen-bond donors (Lipinski definition) is 0. The number of benzene rings is 2. The molecule has 2 aromatic carbocycles. The summed E-state index contributed by atoms with van der Waals surface area (Å²) >= 11 is 0. The summed E-state index contributed by atoms with van der Waals surface area (Å²) in [6.07, 6.45) is 0. The summed E-state index contributed by atoms with van der Waals surface area (Å²) in [6, 6.07) is 13.6. The highest BCUT2D eigenvalue weighted by molar-refractivity contribution is 6.22. The predicted molar refractivity (Wildman–Crippen MR) is 70.0 cm³/mol. The van der Waals surface area contributed by atoms with Gasteiger partial charge in [-0.3, -0.25) is 4.79 Å². The lowest BCUT2D eigenvalue weighted by Crippen LogP contribution is -1.94. The Labute approximate surface area is 100 Å². The molecule has 0 saturated carbocycles. The highest BCUT2D eigenvalue weighted by atomic mass is 16.1. The van der Waals surface area contributed by atoms with Gasteiger partial charge in [0.25, 0.3) is 0 Å². The van der Waals surface area contributed by atoms with E-state index in [4.69, 9.17) is 0 Å². The van der Waals surface area contributed by atoms with E-state index in [1.54, 1.807) is 0 Å². The van der Waals surface area contributed by atoms with Crippen LogP contribution in [0, 0.1) is 0 Å². The quantitative estimate of drug-likeness (QED) is 0.607. The van der Waals surface area contributed by atoms with Gasteiger partial charge in [0, 0.05) is 16.7 Å². The van der Waals surface area contributed by atoms with Gasteiger partial charge in [0.05, 0.1) is 0 Å². The molecule has 1 aliphatic carbocycles. The van der Waals surface area contributed by atoms with Gasteiger partial charge in [-0.1, -0.05) is 54.6 Å². The molecule has 0 aromatic heterocycles. The molecular formula is C16H12O. The largest absolute Gasteiger partial charge is 0.289 e. The van der Waals surface area contributed by atoms with Crippen molar-refractivity contribution in [3.05, 3.63) is 65.7 Å². The minimum Gasteiger partial charge on any atom is -0.289 e. The number of carbonyl (C=O) groups excluding carboxylic acids is 1. The molecule has 17 heavy (non-hydrogen) atoms. The Morgan fingerprint density at radius 3 is 2.29 bits per heavy atom. The van der Waals surface area contributed by atoms with Crippen molar-refractivity contribution in [2.24, 2.45) is 0 Å². The predicted octanol–water partition coefficient (Wildman–Crippen LogP) is 3.93. The molecule has 0 spiro atoms. The van der Waals surface area contributed by atoms with E-state index in [-0.39, 0.29) is 5.78 Å². The molecule has 0 bridgehead atoms. The SMILES string of the molecule is C=C(C)c1cccc2c1-c1ccccc1C2=O. The molecule has 1 heteroatoms. The van der Waals surface area contributed by atoms with Gasteiger partial charge in [-0.15, -0.1) is 0 Å². The lowest BCUT2D eigenvalue weighted by molar-refractivity contribution is 0.104. The maximum atomic E-state index is 12.2. The van der Waals surface area contributed by atoms with Crippen molar-refractivity contribution < 1.29 is 4.79 Å². The molecule has 1 nitrogen and oxygen atoms in total. The van der Waals surface area contributed by atoms with Gasteiger partial charge >= 0.3 is 0 Å². The van der Waals surface area contributed by atoms with Crippen LogP contribution in [0.15, 0.2) is 49.0 Å². The van der Waals surface area contributed by atoms with Crippen molar-refractivity contribution in [1.82, 2.24) is 0 Å². The summed E-state index contributed by atoms with van der Waals surface area (Å²) < 4.78 is 0. The average molecular weight is 220 g/mol. The van der Waals surface area contributed by atoms with Gasteiger partial charge in [-0.2, -0.15) is 0 Å². The maximum Gasteiger partial charge on any atom is 0.194 e. The minimum absolute atomic E-state index is 0.124. The molecule has 3 rings (SSSR count). The highest BCUT2D eigenvalue weighted by Gasteiger charge is 2.27. The van der Waals surface area contributed by atoms with Crippen molar-refractivity contribution >= 4 is 11.4 Å². The first-order valence-electron chi connectivity index (χ1n) is 5.63. The van der Waals surface area contributed by atoms with E-state index in [0.717, 1.165) is 33.4 Å². The molecule has 82 valence electrons. The number of carbonyl (C=O) groups is 1. The standard InChI is InChI=1S/C16H12O/c1-10(2)11-8-5-9-14-15(11)12-6-3-4-7-13(12)16(14)17/h3-9H,1H2,2H3. The van der Waals surface area contributed by atoms with Crippen LogP contribution < -0.4 is 0 Å². The first-order chi connectivity index (χ1) is 8.20. The van der Waals surface area contributed by atoms with Crippen LogP contribution in [0.3, 0.4) is 0 Å². The fourth-order valence-electron chi connectivity index (χ4n) is 2.43. The van der Waals surface area contributed by atoms with Gasteiger partial charge in [-0.25, -0.2) is 0 Å². The van der Waals surface area contributed by atoms with Crippen molar-refractivity contribution in [2.75, 3.05) is 0 Å². The third kappa shape index (κ3) is 1.29. The van der Waals surface area contributed by atoms with Gasteiger partial charge in [0.2, 0.25) is 0 Å². The molecule has 0 fully saturated rings. The molecule has 0 aliphatic heterocycles. The molecule has 0 atom stereocenters. The Morgan fingerprint density at radius 2 is 1.59 bits per heavy atom. The Kier molecular flexibility index (Phi) is 2.02. The number of ketones is 1. The number of allylic oxidation sites excluding steroid dienone is 1. The zero-order valence-electron chi connectivity index (χ0n) is 9.66. The molecule has 1 aliphatic rings. The molecular weight excluding hydrogens is 208 g/mol. The Morgan fingerprint density at radius 1 is 0.941 bits per heavy atom. The number of rotatable bonds is 1. The molecule has 0 heterocycles. The van der Waals surface area contributed by atoms with E-state index in [2.05, 4.69) is 6.58 Å². The second-order valence-electron chi connectivity index (χ2n) is 4.38. The van der Waals surface area contributed by atoms with E-state index >= 15 is 0 Å². The van der Waals surface area contributed by atoms with Crippen LogP contribution in [-0.4, -0.2) is 5.78 Å². The van der Waals surface area contributed by atoms with Gasteiger partial charge in [0.1, 0.15) is 0 Å². The topological polar surface area (TPSA) is 17.1 Å². The summed E-state index contributed by atoms with van der Waals surface area (Å²) in [4.78, 5) is 12.2. The van der Waals surface area contributed by atoms with Crippen molar-refractivity contribution in [2.45, 2.75) is 6.92 Å². The van der Waals surface area contributed by atoms with E-state index in [1.165, 1.54) is 0 Å². The molecule has 0 N–H and O–H groups in total. The fourth-order valence-corrected chi connectivity index (χ4v) is 2.43. The van der Waals surface area contributed by atoms with Crippen LogP contribution in [-0.2, 0) is 0 Å². The summed E-state index contributed by atoms with van der Waals surface area (Å²) in [5.41, 5.74) is 5.74. The number of fused-ring (bicyclic) bond motifs is 3. The first-order valence-corrected chi connectivity index (χ1v) is 5.63. The molecule has 0 radical (unpaired) electrons. The second kappa shape index (κ2) is 3.42. The van der Waals surface area contributed by atoms with Crippen molar-refractivity contribution in [1.29, 1.82) is 0 Å². The lowest BCUT2D eigenvalue weighted by atomic mass is 9.96. The maximum absolute atomic E-state index is 12.2. The van der Waals surface area contributed by atoms with E-state index in [1.807, 2.05) is 49.4 Å². The molecule has 0 amide bonds. The van der Waals surface area contributed by atoms with Crippen LogP contribution in [0.5, 0.6) is 0 Å². The van der Waals surface area contributed by atoms with Gasteiger partial charge in [-0.05, 0) is 18.1 Å². The zero-order chi connectivity index (χ0) is 12.0. The van der Waals surface area contributed by atoms with Gasteiger partial charge < -0.3 is 0 Å². The third-order valence-electron chi connectivity index (χ3n) is 3.21. The van der Waals surface area contributed by atoms with Crippen LogP contribution in [0.4, 0.5) is 0 Å². The van der Waals surface area contributed by atoms with Crippen molar-refractivity contribution in [3.63, 3.8) is 0 Å². The van der Waals surface area contributed by atoms with Gasteiger partial charge in [0.15, 0.2) is 5.78 Å². The minimum atomic E-state index is 0.124. The zero-order valence-corrected chi connectivity index (χ0v) is 9.66. The van der Waals surface area contributed by atoms with Crippen LogP contribution >= 0.6 is 0 Å². The van der Waals surface area contributed by atoms with Crippen LogP contribution in [0.1, 0.15) is 28.4 Å². The van der Waals surface area contributed by atoms with E-state index < -0.39 is 0 Å². The molecule has 2 aromatic rings. The third-order valence-corrected chi connectivity index (χ3v) is 3.21. The Balaban J connectivity index is 2.42. The molecule has 0 unspecified atom stereocenters. The second-order valence-corrected chi connectivity index (χ2v) is 4.38. The summed E-state index contributed by atoms with van der Waals surface area (Å²) in [5.74, 6) is 0.124. The fraction of sp³-hybridized carbons (Fsp3) is 0.0625. The monoisotopic (exact) mass is 220 g/mol. The first kappa shape index (κ1) is 10.0. The normalized spacial score (nSPS) is 12.2. The van der Waals surface area contributed by atoms with Crippen LogP contribution in [0.25, 0.3) is 16.7 Å². The summed E-state index contributed by atoms with van der Waals surface area (Å²) in [5, 5.41) is 0. The number of hydrogen-bond acceptors (Lipinski definition) is 1. The van der Waals surface area contributed by atoms with E-state index in [0.29, 0.717) is 0 Å². The lowest BCUT2D eigenvalue weighted by Gasteiger charge is -2.07. The van der Waals surface area contributed by atoms with E-state index in [9.17, 15) is 4.79 Å². The molecule has 0 saturated heterocycles. The average Bonchev–Trinajstić information content (AvgIpc) is 2.64. The Hall–Kier alpha value is -2.15. The smallest absolute Gasteiger partial charge is 0.194 e. The highest BCUT2D eigenvalue weighted by Crippen LogP contribution is 2.40. The van der Waals surface area contributed by atoms with Crippen molar-refractivity contribution in [3.8, 4) is 11.1 Å². The summed E-state index contributed by atoms with van der Waals surface area (Å²) in [7, 11) is 0.